The first-order valence-electron chi connectivity index (χ1n) is 8.50. The number of alkyl halides is 2. The lowest BCUT2D eigenvalue weighted by Gasteiger charge is -2.61. The van der Waals surface area contributed by atoms with E-state index in [2.05, 4.69) is 4.74 Å². The highest BCUT2D eigenvalue weighted by Crippen LogP contribution is 2.62. The van der Waals surface area contributed by atoms with Crippen molar-refractivity contribution in [3.63, 3.8) is 0 Å². The molecule has 4 saturated carbocycles. The summed E-state index contributed by atoms with van der Waals surface area (Å²) in [7, 11) is -5.68. The van der Waals surface area contributed by atoms with Crippen LogP contribution in [0.15, 0.2) is 0 Å². The van der Waals surface area contributed by atoms with E-state index in [9.17, 15) is 27.1 Å². The predicted octanol–water partition coefficient (Wildman–Crippen LogP) is 0.693. The van der Waals surface area contributed by atoms with Gasteiger partial charge in [-0.3, -0.25) is 4.55 Å². The van der Waals surface area contributed by atoms with E-state index in [1.807, 2.05) is 0 Å². The molecule has 1 spiro atoms. The Labute approximate surface area is 148 Å². The van der Waals surface area contributed by atoms with Crippen LogP contribution in [-0.4, -0.2) is 60.0 Å². The summed E-state index contributed by atoms with van der Waals surface area (Å²) in [5.41, 5.74) is -0.732. The minimum absolute atomic E-state index is 0.0872. The molecule has 8 nitrogen and oxygen atoms in total. The average molecular weight is 398 g/mol. The SMILES string of the molecule is O=C(OCC(F)(F)S(=O)(=O)O)C1COC2(O1)C1CC3CC2CC(O)(C3)C1. The molecule has 26 heavy (non-hydrogen) atoms. The van der Waals surface area contributed by atoms with E-state index in [0.717, 1.165) is 19.3 Å². The summed E-state index contributed by atoms with van der Waals surface area (Å²) in [6.45, 7) is -1.99. The van der Waals surface area contributed by atoms with E-state index < -0.39 is 45.4 Å². The average Bonchev–Trinajstić information content (AvgIpc) is 2.94. The summed E-state index contributed by atoms with van der Waals surface area (Å²) >= 11 is 0. The van der Waals surface area contributed by atoms with Gasteiger partial charge in [0.2, 0.25) is 0 Å². The predicted molar refractivity (Wildman–Crippen MR) is 79.5 cm³/mol. The second kappa shape index (κ2) is 5.57. The van der Waals surface area contributed by atoms with Gasteiger partial charge in [-0.2, -0.15) is 17.2 Å². The molecule has 0 aromatic carbocycles. The number of hydrogen-bond donors (Lipinski definition) is 2. The first-order valence-corrected chi connectivity index (χ1v) is 9.94. The highest BCUT2D eigenvalue weighted by molar-refractivity contribution is 7.86. The molecule has 2 N–H and O–H groups in total. The number of esters is 1. The van der Waals surface area contributed by atoms with Crippen molar-refractivity contribution >= 4 is 16.1 Å². The summed E-state index contributed by atoms with van der Waals surface area (Å²) in [4.78, 5) is 12.0. The maximum atomic E-state index is 13.2. The summed E-state index contributed by atoms with van der Waals surface area (Å²) in [6, 6.07) is 0. The standard InChI is InChI=1S/C15H20F2O8S/c16-14(17,26(20,21)22)7-23-12(18)11-6-24-15(25-11)9-1-8-2-10(15)5-13(19,3-8)4-9/h8-11,19H,1-7H2,(H,20,21,22). The van der Waals surface area contributed by atoms with E-state index >= 15 is 0 Å². The topological polar surface area (TPSA) is 119 Å². The summed E-state index contributed by atoms with van der Waals surface area (Å²) < 4.78 is 71.9. The Morgan fingerprint density at radius 1 is 1.23 bits per heavy atom. The Kier molecular flexibility index (Phi) is 3.96. The highest BCUT2D eigenvalue weighted by Gasteiger charge is 2.66. The minimum Gasteiger partial charge on any atom is -0.456 e. The fourth-order valence-corrected chi connectivity index (χ4v) is 5.46. The van der Waals surface area contributed by atoms with Gasteiger partial charge in [-0.25, -0.2) is 4.79 Å². The molecule has 3 unspecified atom stereocenters. The fraction of sp³-hybridized carbons (Fsp3) is 0.933. The van der Waals surface area contributed by atoms with Crippen LogP contribution in [0.2, 0.25) is 0 Å². The maximum absolute atomic E-state index is 13.2. The molecule has 5 rings (SSSR count). The van der Waals surface area contributed by atoms with Crippen molar-refractivity contribution in [1.82, 2.24) is 0 Å². The molecular weight excluding hydrogens is 378 g/mol. The van der Waals surface area contributed by atoms with E-state index in [-0.39, 0.29) is 18.4 Å². The number of aliphatic hydroxyl groups is 1. The van der Waals surface area contributed by atoms with Crippen molar-refractivity contribution in [1.29, 1.82) is 0 Å². The monoisotopic (exact) mass is 398 g/mol. The number of carbonyl (C=O) groups excluding carboxylic acids is 1. The van der Waals surface area contributed by atoms with E-state index in [4.69, 9.17) is 14.0 Å². The van der Waals surface area contributed by atoms with Crippen LogP contribution < -0.4 is 0 Å². The maximum Gasteiger partial charge on any atom is 0.402 e. The number of hydrogen-bond acceptors (Lipinski definition) is 7. The molecule has 4 bridgehead atoms. The highest BCUT2D eigenvalue weighted by atomic mass is 32.2. The van der Waals surface area contributed by atoms with E-state index in [0.29, 0.717) is 18.8 Å². The molecular formula is C15H20F2O8S. The van der Waals surface area contributed by atoms with Crippen molar-refractivity contribution < 1.29 is 45.9 Å². The third-order valence-corrected chi connectivity index (χ3v) is 6.98. The number of carbonyl (C=O) groups is 1. The number of rotatable bonds is 4. The molecule has 0 aromatic rings. The van der Waals surface area contributed by atoms with Gasteiger partial charge in [-0.1, -0.05) is 0 Å². The van der Waals surface area contributed by atoms with Crippen LogP contribution in [0.5, 0.6) is 0 Å². The molecule has 148 valence electrons. The second-order valence-electron chi connectivity index (χ2n) is 7.93. The molecule has 5 aliphatic rings. The smallest absolute Gasteiger partial charge is 0.402 e. The molecule has 0 aromatic heterocycles. The largest absolute Gasteiger partial charge is 0.456 e. The van der Waals surface area contributed by atoms with Gasteiger partial charge in [0, 0.05) is 11.8 Å². The van der Waals surface area contributed by atoms with Gasteiger partial charge in [-0.05, 0) is 38.0 Å². The lowest BCUT2D eigenvalue weighted by molar-refractivity contribution is -0.317. The summed E-state index contributed by atoms with van der Waals surface area (Å²) in [5, 5.41) is 6.01. The Morgan fingerprint density at radius 2 is 1.85 bits per heavy atom. The Balaban J connectivity index is 1.42. The number of ether oxygens (including phenoxy) is 3. The molecule has 0 amide bonds. The van der Waals surface area contributed by atoms with Crippen LogP contribution in [0, 0.1) is 17.8 Å². The minimum atomic E-state index is -5.68. The van der Waals surface area contributed by atoms with Crippen LogP contribution in [-0.2, 0) is 29.1 Å². The lowest BCUT2D eigenvalue weighted by Crippen LogP contribution is -2.64. The van der Waals surface area contributed by atoms with Crippen molar-refractivity contribution in [2.45, 2.75) is 54.9 Å². The molecule has 1 saturated heterocycles. The van der Waals surface area contributed by atoms with Gasteiger partial charge >= 0.3 is 21.3 Å². The van der Waals surface area contributed by atoms with Gasteiger partial charge in [-0.15, -0.1) is 0 Å². The second-order valence-corrected chi connectivity index (χ2v) is 9.47. The number of halogens is 2. The molecule has 3 atom stereocenters. The van der Waals surface area contributed by atoms with Gasteiger partial charge < -0.3 is 19.3 Å². The van der Waals surface area contributed by atoms with Gasteiger partial charge in [0.1, 0.15) is 0 Å². The van der Waals surface area contributed by atoms with Crippen LogP contribution in [0.25, 0.3) is 0 Å². The zero-order chi connectivity index (χ0) is 19.0. The molecule has 4 aliphatic carbocycles. The summed E-state index contributed by atoms with van der Waals surface area (Å²) in [6.07, 6.45) is 2.12. The zero-order valence-electron chi connectivity index (χ0n) is 13.8. The lowest BCUT2D eigenvalue weighted by atomic mass is 9.51. The summed E-state index contributed by atoms with van der Waals surface area (Å²) in [5.74, 6) is -1.99. The van der Waals surface area contributed by atoms with E-state index in [1.54, 1.807) is 0 Å². The molecule has 0 radical (unpaired) electrons. The van der Waals surface area contributed by atoms with Gasteiger partial charge in [0.15, 0.2) is 18.5 Å². The zero-order valence-corrected chi connectivity index (χ0v) is 14.6. The van der Waals surface area contributed by atoms with Crippen molar-refractivity contribution in [2.24, 2.45) is 17.8 Å². The third kappa shape index (κ3) is 2.75. The van der Waals surface area contributed by atoms with E-state index in [1.165, 1.54) is 0 Å². The first kappa shape index (κ1) is 18.5. The van der Waals surface area contributed by atoms with Crippen LogP contribution in [0.1, 0.15) is 32.1 Å². The van der Waals surface area contributed by atoms with Crippen molar-refractivity contribution in [2.75, 3.05) is 13.2 Å². The molecule has 1 aliphatic heterocycles. The fourth-order valence-electron chi connectivity index (χ4n) is 5.25. The third-order valence-electron chi connectivity index (χ3n) is 6.10. The van der Waals surface area contributed by atoms with Gasteiger partial charge in [0.05, 0.1) is 12.2 Å². The Hall–Kier alpha value is -0.880. The van der Waals surface area contributed by atoms with Crippen LogP contribution >= 0.6 is 0 Å². The van der Waals surface area contributed by atoms with Crippen molar-refractivity contribution in [3.8, 4) is 0 Å². The first-order chi connectivity index (χ1) is 11.9. The van der Waals surface area contributed by atoms with Crippen LogP contribution in [0.3, 0.4) is 0 Å². The molecule has 5 fully saturated rings. The normalized spacial score (nSPS) is 44.6. The molecule has 11 heteroatoms. The Morgan fingerprint density at radius 3 is 2.38 bits per heavy atom. The van der Waals surface area contributed by atoms with Gasteiger partial charge in [0.25, 0.3) is 0 Å². The van der Waals surface area contributed by atoms with Crippen LogP contribution in [0.4, 0.5) is 8.78 Å². The quantitative estimate of drug-likeness (QED) is 0.525. The van der Waals surface area contributed by atoms with Crippen molar-refractivity contribution in [3.05, 3.63) is 0 Å². The Bertz CT molecular complexity index is 707. The molecule has 1 heterocycles.